The van der Waals surface area contributed by atoms with Gasteiger partial charge in [0.05, 0.1) is 31.1 Å². The first-order chi connectivity index (χ1) is 11.3. The molecule has 0 atom stereocenters. The highest BCUT2D eigenvalue weighted by Gasteiger charge is 2.14. The van der Waals surface area contributed by atoms with Crippen molar-refractivity contribution in [1.82, 2.24) is 29.8 Å². The molecule has 0 spiro atoms. The van der Waals surface area contributed by atoms with Gasteiger partial charge in [-0.15, -0.1) is 5.10 Å². The summed E-state index contributed by atoms with van der Waals surface area (Å²) >= 11 is 6.16. The molecular formula is C15H13ClN6O. The minimum absolute atomic E-state index is 0.00730. The molecule has 0 amide bonds. The van der Waals surface area contributed by atoms with Gasteiger partial charge in [0.2, 0.25) is 0 Å². The number of aliphatic hydroxyl groups is 1. The van der Waals surface area contributed by atoms with Gasteiger partial charge in [0.25, 0.3) is 0 Å². The molecule has 4 aromatic rings. The summed E-state index contributed by atoms with van der Waals surface area (Å²) in [5.41, 5.74) is 2.95. The first kappa shape index (κ1) is 14.0. The SMILES string of the molecule is OCCn1ncc(-n2cc(-c3cn[nH]c3)c3ccc(Cl)cc32)n1. The zero-order chi connectivity index (χ0) is 15.8. The van der Waals surface area contributed by atoms with Crippen molar-refractivity contribution in [2.75, 3.05) is 6.61 Å². The van der Waals surface area contributed by atoms with Crippen LogP contribution in [0.1, 0.15) is 0 Å². The zero-order valence-electron chi connectivity index (χ0n) is 12.0. The third-order valence-corrected chi connectivity index (χ3v) is 3.88. The van der Waals surface area contributed by atoms with Crippen molar-refractivity contribution < 1.29 is 5.11 Å². The van der Waals surface area contributed by atoms with Crippen LogP contribution in [-0.4, -0.2) is 41.5 Å². The van der Waals surface area contributed by atoms with Gasteiger partial charge in [0.1, 0.15) is 0 Å². The van der Waals surface area contributed by atoms with Crippen molar-refractivity contribution >= 4 is 22.5 Å². The summed E-state index contributed by atoms with van der Waals surface area (Å²) in [5.74, 6) is 0.667. The van der Waals surface area contributed by atoms with Crippen LogP contribution in [0.25, 0.3) is 27.8 Å². The number of rotatable bonds is 4. The molecule has 0 aliphatic heterocycles. The van der Waals surface area contributed by atoms with Crippen LogP contribution in [0, 0.1) is 0 Å². The molecule has 3 aromatic heterocycles. The summed E-state index contributed by atoms with van der Waals surface area (Å²) in [6.07, 6.45) is 7.26. The van der Waals surface area contributed by atoms with E-state index in [9.17, 15) is 0 Å². The Kier molecular flexibility index (Phi) is 3.36. The molecule has 0 aliphatic rings. The van der Waals surface area contributed by atoms with Gasteiger partial charge in [0.15, 0.2) is 5.82 Å². The van der Waals surface area contributed by atoms with Crippen LogP contribution in [0.3, 0.4) is 0 Å². The zero-order valence-corrected chi connectivity index (χ0v) is 12.8. The second-order valence-electron chi connectivity index (χ2n) is 5.08. The molecular weight excluding hydrogens is 316 g/mol. The lowest BCUT2D eigenvalue weighted by molar-refractivity contribution is 0.260. The maximum absolute atomic E-state index is 9.00. The Hall–Kier alpha value is -2.64. The number of hydrogen-bond donors (Lipinski definition) is 2. The van der Waals surface area contributed by atoms with Crippen molar-refractivity contribution in [3.05, 3.63) is 48.0 Å². The topological polar surface area (TPSA) is 84.5 Å². The third kappa shape index (κ3) is 2.39. The van der Waals surface area contributed by atoms with E-state index in [1.54, 1.807) is 12.4 Å². The van der Waals surface area contributed by atoms with Crippen molar-refractivity contribution in [3.8, 4) is 16.9 Å². The molecule has 3 heterocycles. The van der Waals surface area contributed by atoms with Gasteiger partial charge in [-0.25, -0.2) is 0 Å². The van der Waals surface area contributed by atoms with Gasteiger partial charge < -0.3 is 5.11 Å². The highest BCUT2D eigenvalue weighted by atomic mass is 35.5. The summed E-state index contributed by atoms with van der Waals surface area (Å²) < 4.78 is 1.93. The van der Waals surface area contributed by atoms with E-state index in [2.05, 4.69) is 20.4 Å². The lowest BCUT2D eigenvalue weighted by atomic mass is 10.1. The van der Waals surface area contributed by atoms with Gasteiger partial charge >= 0.3 is 0 Å². The summed E-state index contributed by atoms with van der Waals surface area (Å²) in [4.78, 5) is 1.46. The van der Waals surface area contributed by atoms with Crippen molar-refractivity contribution in [1.29, 1.82) is 0 Å². The molecule has 23 heavy (non-hydrogen) atoms. The highest BCUT2D eigenvalue weighted by molar-refractivity contribution is 6.31. The quantitative estimate of drug-likeness (QED) is 0.602. The van der Waals surface area contributed by atoms with E-state index >= 15 is 0 Å². The van der Waals surface area contributed by atoms with Crippen molar-refractivity contribution in [3.63, 3.8) is 0 Å². The monoisotopic (exact) mass is 328 g/mol. The van der Waals surface area contributed by atoms with E-state index in [-0.39, 0.29) is 6.61 Å². The number of nitrogens with one attached hydrogen (secondary N) is 1. The average molecular weight is 329 g/mol. The number of fused-ring (bicyclic) bond motifs is 1. The Morgan fingerprint density at radius 2 is 2.17 bits per heavy atom. The van der Waals surface area contributed by atoms with Crippen molar-refractivity contribution in [2.45, 2.75) is 6.54 Å². The molecule has 0 aliphatic carbocycles. The molecule has 7 nitrogen and oxygen atoms in total. The van der Waals surface area contributed by atoms with E-state index in [4.69, 9.17) is 16.7 Å². The number of aromatic amines is 1. The fraction of sp³-hybridized carbons (Fsp3) is 0.133. The number of aromatic nitrogens is 6. The predicted molar refractivity (Wildman–Crippen MR) is 86.5 cm³/mol. The number of nitrogens with zero attached hydrogens (tertiary/aromatic N) is 5. The molecule has 0 fully saturated rings. The smallest absolute Gasteiger partial charge is 0.179 e. The maximum Gasteiger partial charge on any atom is 0.179 e. The second kappa shape index (κ2) is 5.53. The minimum atomic E-state index is -0.00730. The molecule has 1 aromatic carbocycles. The van der Waals surface area contributed by atoms with Gasteiger partial charge in [-0.05, 0) is 12.1 Å². The molecule has 8 heteroatoms. The standard InChI is InChI=1S/C15H13ClN6O/c16-11-1-2-12-13(10-6-17-18-7-10)9-21(14(12)5-11)15-8-19-22(20-15)3-4-23/h1-2,5-9,23H,3-4H2,(H,17,18). The molecule has 0 saturated carbocycles. The Bertz CT molecular complexity index is 956. The number of aliphatic hydroxyl groups excluding tert-OH is 1. The second-order valence-corrected chi connectivity index (χ2v) is 5.52. The van der Waals surface area contributed by atoms with E-state index in [1.807, 2.05) is 35.2 Å². The molecule has 0 unspecified atom stereocenters. The summed E-state index contributed by atoms with van der Waals surface area (Å²) in [6, 6.07) is 5.74. The lowest BCUT2D eigenvalue weighted by Crippen LogP contribution is -2.06. The van der Waals surface area contributed by atoms with E-state index in [0.717, 1.165) is 22.0 Å². The highest BCUT2D eigenvalue weighted by Crippen LogP contribution is 2.33. The van der Waals surface area contributed by atoms with E-state index in [1.165, 1.54) is 4.80 Å². The fourth-order valence-corrected chi connectivity index (χ4v) is 2.78. The van der Waals surface area contributed by atoms with Crippen LogP contribution in [-0.2, 0) is 6.54 Å². The Morgan fingerprint density at radius 3 is 2.96 bits per heavy atom. The van der Waals surface area contributed by atoms with Gasteiger partial charge in [-0.1, -0.05) is 17.7 Å². The Labute approximate surface area is 136 Å². The van der Waals surface area contributed by atoms with Gasteiger partial charge in [0, 0.05) is 33.9 Å². The first-order valence-corrected chi connectivity index (χ1v) is 7.45. The third-order valence-electron chi connectivity index (χ3n) is 3.65. The van der Waals surface area contributed by atoms with Gasteiger partial charge in [-0.2, -0.15) is 15.0 Å². The van der Waals surface area contributed by atoms with Crippen LogP contribution in [0.15, 0.2) is 43.0 Å². The van der Waals surface area contributed by atoms with Crippen LogP contribution >= 0.6 is 11.6 Å². The number of halogens is 1. The van der Waals surface area contributed by atoms with Crippen molar-refractivity contribution in [2.24, 2.45) is 0 Å². The van der Waals surface area contributed by atoms with Crippen LogP contribution in [0.4, 0.5) is 0 Å². The lowest BCUT2D eigenvalue weighted by Gasteiger charge is -2.00. The normalized spacial score (nSPS) is 11.4. The van der Waals surface area contributed by atoms with E-state index < -0.39 is 0 Å². The minimum Gasteiger partial charge on any atom is -0.394 e. The maximum atomic E-state index is 9.00. The summed E-state index contributed by atoms with van der Waals surface area (Å²) in [5, 5.41) is 26.1. The number of H-pyrrole nitrogens is 1. The predicted octanol–water partition coefficient (Wildman–Crippen LogP) is 2.26. The molecule has 0 saturated heterocycles. The van der Waals surface area contributed by atoms with Crippen LogP contribution in [0.2, 0.25) is 5.02 Å². The molecule has 2 N–H and O–H groups in total. The molecule has 4 rings (SSSR count). The van der Waals surface area contributed by atoms with Crippen LogP contribution < -0.4 is 0 Å². The molecule has 0 bridgehead atoms. The number of hydrogen-bond acceptors (Lipinski definition) is 4. The molecule has 116 valence electrons. The average Bonchev–Trinajstić information content (AvgIpc) is 3.25. The van der Waals surface area contributed by atoms with E-state index in [0.29, 0.717) is 17.4 Å². The first-order valence-electron chi connectivity index (χ1n) is 7.07. The summed E-state index contributed by atoms with van der Waals surface area (Å²) in [6.45, 7) is 0.348. The number of benzene rings is 1. The Morgan fingerprint density at radius 1 is 1.26 bits per heavy atom. The Balaban J connectivity index is 1.93. The molecule has 0 radical (unpaired) electrons. The summed E-state index contributed by atoms with van der Waals surface area (Å²) in [7, 11) is 0. The largest absolute Gasteiger partial charge is 0.394 e. The fourth-order valence-electron chi connectivity index (χ4n) is 2.61. The van der Waals surface area contributed by atoms with Gasteiger partial charge in [-0.3, -0.25) is 9.67 Å². The van der Waals surface area contributed by atoms with Crippen LogP contribution in [0.5, 0.6) is 0 Å².